The highest BCUT2D eigenvalue weighted by Gasteiger charge is 2.45. The van der Waals surface area contributed by atoms with Gasteiger partial charge in [0.2, 0.25) is 0 Å². The quantitative estimate of drug-likeness (QED) is 0.834. The summed E-state index contributed by atoms with van der Waals surface area (Å²) in [5.74, 6) is 1.54. The van der Waals surface area contributed by atoms with Crippen LogP contribution in [-0.2, 0) is 6.42 Å². The van der Waals surface area contributed by atoms with Crippen LogP contribution in [0.5, 0.6) is 0 Å². The molecule has 1 aromatic carbocycles. The van der Waals surface area contributed by atoms with Crippen LogP contribution in [0.3, 0.4) is 0 Å². The fourth-order valence-corrected chi connectivity index (χ4v) is 4.52. The van der Waals surface area contributed by atoms with Crippen molar-refractivity contribution in [2.75, 3.05) is 19.6 Å². The number of aryl methyl sites for hydroxylation is 1. The molecule has 1 aromatic rings. The van der Waals surface area contributed by atoms with E-state index in [0.717, 1.165) is 24.7 Å². The van der Waals surface area contributed by atoms with Crippen LogP contribution in [0.2, 0.25) is 0 Å². The molecule has 4 atom stereocenters. The van der Waals surface area contributed by atoms with Gasteiger partial charge in [0.1, 0.15) is 5.82 Å². The molecule has 0 saturated carbocycles. The van der Waals surface area contributed by atoms with E-state index in [1.807, 2.05) is 6.07 Å². The highest BCUT2D eigenvalue weighted by atomic mass is 19.1. The molecule has 4 unspecified atom stereocenters. The van der Waals surface area contributed by atoms with Crippen molar-refractivity contribution in [2.24, 2.45) is 11.8 Å². The summed E-state index contributed by atoms with van der Waals surface area (Å²) in [5.41, 5.74) is 2.61. The predicted molar refractivity (Wildman–Crippen MR) is 73.5 cm³/mol. The van der Waals surface area contributed by atoms with Gasteiger partial charge in [0.05, 0.1) is 0 Å². The molecule has 0 bridgehead atoms. The van der Waals surface area contributed by atoms with Gasteiger partial charge in [-0.1, -0.05) is 6.07 Å². The maximum Gasteiger partial charge on any atom is 0.123 e. The number of fused-ring (bicyclic) bond motifs is 2. The molecule has 2 nitrogen and oxygen atoms in total. The Morgan fingerprint density at radius 2 is 2.21 bits per heavy atom. The second kappa shape index (κ2) is 4.29. The van der Waals surface area contributed by atoms with Crippen molar-refractivity contribution in [2.45, 2.75) is 31.8 Å². The van der Waals surface area contributed by atoms with Gasteiger partial charge in [-0.15, -0.1) is 0 Å². The van der Waals surface area contributed by atoms with E-state index in [2.05, 4.69) is 17.1 Å². The molecular formula is C16H21FN2. The topological polar surface area (TPSA) is 15.3 Å². The Morgan fingerprint density at radius 3 is 3.05 bits per heavy atom. The summed E-state index contributed by atoms with van der Waals surface area (Å²) in [6, 6.07) is 6.55. The minimum atomic E-state index is -0.0880. The summed E-state index contributed by atoms with van der Waals surface area (Å²) >= 11 is 0. The van der Waals surface area contributed by atoms with Gasteiger partial charge in [0.15, 0.2) is 0 Å². The van der Waals surface area contributed by atoms with Crippen LogP contribution >= 0.6 is 0 Å². The summed E-state index contributed by atoms with van der Waals surface area (Å²) in [7, 11) is 0. The lowest BCUT2D eigenvalue weighted by Crippen LogP contribution is -2.35. The van der Waals surface area contributed by atoms with Gasteiger partial charge in [0.25, 0.3) is 0 Å². The van der Waals surface area contributed by atoms with E-state index in [-0.39, 0.29) is 5.82 Å². The first-order valence-corrected chi connectivity index (χ1v) is 7.49. The summed E-state index contributed by atoms with van der Waals surface area (Å²) in [6.45, 7) is 5.93. The molecule has 0 spiro atoms. The van der Waals surface area contributed by atoms with Crippen LogP contribution in [0.15, 0.2) is 18.2 Å². The Balaban J connectivity index is 1.62. The first-order valence-electron chi connectivity index (χ1n) is 7.49. The van der Waals surface area contributed by atoms with Crippen molar-refractivity contribution in [1.82, 2.24) is 10.2 Å². The fraction of sp³-hybridized carbons (Fsp3) is 0.625. The molecule has 4 rings (SSSR count). The van der Waals surface area contributed by atoms with E-state index >= 15 is 0 Å². The summed E-state index contributed by atoms with van der Waals surface area (Å²) in [6.07, 6.45) is 2.20. The van der Waals surface area contributed by atoms with Gasteiger partial charge < -0.3 is 5.32 Å². The molecule has 3 heteroatoms. The third-order valence-electron chi connectivity index (χ3n) is 5.53. The largest absolute Gasteiger partial charge is 0.316 e. The third-order valence-corrected chi connectivity index (χ3v) is 5.53. The van der Waals surface area contributed by atoms with Crippen molar-refractivity contribution in [3.05, 3.63) is 35.1 Å². The summed E-state index contributed by atoms with van der Waals surface area (Å²) in [5, 5.41) is 3.52. The molecule has 0 radical (unpaired) electrons. The minimum absolute atomic E-state index is 0.0880. The Bertz CT molecular complexity index is 502. The average Bonchev–Trinajstić information content (AvgIpc) is 3.05. The number of hydrogen-bond donors (Lipinski definition) is 1. The van der Waals surface area contributed by atoms with Gasteiger partial charge in [0, 0.05) is 18.6 Å². The van der Waals surface area contributed by atoms with Crippen LogP contribution in [-0.4, -0.2) is 30.6 Å². The van der Waals surface area contributed by atoms with Crippen molar-refractivity contribution in [1.29, 1.82) is 0 Å². The second-order valence-electron chi connectivity index (χ2n) is 6.42. The number of likely N-dealkylation sites (tertiary alicyclic amines) is 1. The van der Waals surface area contributed by atoms with Crippen molar-refractivity contribution < 1.29 is 4.39 Å². The SMILES string of the molecule is CC1C2CNCC2CN1C1CCc2cc(F)ccc21. The maximum atomic E-state index is 13.3. The molecule has 0 amide bonds. The first kappa shape index (κ1) is 11.9. The Morgan fingerprint density at radius 1 is 1.32 bits per heavy atom. The standard InChI is InChI=1S/C16H21FN2/c1-10-15-8-18-7-12(15)9-19(10)16-5-2-11-6-13(17)3-4-14(11)16/h3-4,6,10,12,15-16,18H,2,5,7-9H2,1H3. The summed E-state index contributed by atoms with van der Waals surface area (Å²) in [4.78, 5) is 2.68. The van der Waals surface area contributed by atoms with Gasteiger partial charge in [-0.05, 0) is 68.0 Å². The van der Waals surface area contributed by atoms with Crippen LogP contribution < -0.4 is 5.32 Å². The zero-order valence-corrected chi connectivity index (χ0v) is 11.4. The molecule has 1 N–H and O–H groups in total. The van der Waals surface area contributed by atoms with Gasteiger partial charge >= 0.3 is 0 Å². The zero-order chi connectivity index (χ0) is 13.0. The lowest BCUT2D eigenvalue weighted by atomic mass is 9.95. The molecule has 0 aromatic heterocycles. The first-order chi connectivity index (χ1) is 9.24. The number of nitrogens with zero attached hydrogens (tertiary/aromatic N) is 1. The Kier molecular flexibility index (Phi) is 2.68. The van der Waals surface area contributed by atoms with Gasteiger partial charge in [-0.3, -0.25) is 4.90 Å². The number of rotatable bonds is 1. The van der Waals surface area contributed by atoms with E-state index in [1.54, 1.807) is 12.1 Å². The van der Waals surface area contributed by atoms with Crippen molar-refractivity contribution >= 4 is 0 Å². The van der Waals surface area contributed by atoms with Crippen molar-refractivity contribution in [3.8, 4) is 0 Å². The van der Waals surface area contributed by atoms with E-state index in [0.29, 0.717) is 12.1 Å². The molecule has 19 heavy (non-hydrogen) atoms. The van der Waals surface area contributed by atoms with Crippen LogP contribution in [0.4, 0.5) is 4.39 Å². The molecule has 102 valence electrons. The van der Waals surface area contributed by atoms with E-state index < -0.39 is 0 Å². The second-order valence-corrected chi connectivity index (χ2v) is 6.42. The minimum Gasteiger partial charge on any atom is -0.316 e. The Hall–Kier alpha value is -0.930. The average molecular weight is 260 g/mol. The number of benzene rings is 1. The number of hydrogen-bond acceptors (Lipinski definition) is 2. The molecule has 3 aliphatic rings. The molecule has 2 heterocycles. The smallest absolute Gasteiger partial charge is 0.123 e. The zero-order valence-electron chi connectivity index (χ0n) is 11.4. The number of halogens is 1. The molecule has 2 fully saturated rings. The molecular weight excluding hydrogens is 239 g/mol. The van der Waals surface area contributed by atoms with E-state index in [1.165, 1.54) is 30.8 Å². The fourth-order valence-electron chi connectivity index (χ4n) is 4.52. The highest BCUT2D eigenvalue weighted by molar-refractivity contribution is 5.35. The maximum absolute atomic E-state index is 13.3. The number of nitrogens with one attached hydrogen (secondary N) is 1. The van der Waals surface area contributed by atoms with Gasteiger partial charge in [-0.2, -0.15) is 0 Å². The lowest BCUT2D eigenvalue weighted by Gasteiger charge is -2.31. The molecule has 2 aliphatic heterocycles. The van der Waals surface area contributed by atoms with Crippen LogP contribution in [0.25, 0.3) is 0 Å². The lowest BCUT2D eigenvalue weighted by molar-refractivity contribution is 0.170. The predicted octanol–water partition coefficient (Wildman–Crippen LogP) is 2.35. The monoisotopic (exact) mass is 260 g/mol. The highest BCUT2D eigenvalue weighted by Crippen LogP contribution is 2.43. The van der Waals surface area contributed by atoms with Crippen LogP contribution in [0.1, 0.15) is 30.5 Å². The normalized spacial score (nSPS) is 37.6. The third kappa shape index (κ3) is 1.75. The van der Waals surface area contributed by atoms with Crippen LogP contribution in [0, 0.1) is 17.7 Å². The van der Waals surface area contributed by atoms with Gasteiger partial charge in [-0.25, -0.2) is 4.39 Å². The van der Waals surface area contributed by atoms with Crippen molar-refractivity contribution in [3.63, 3.8) is 0 Å². The van der Waals surface area contributed by atoms with E-state index in [9.17, 15) is 4.39 Å². The molecule has 2 saturated heterocycles. The Labute approximate surface area is 114 Å². The molecule has 1 aliphatic carbocycles. The van der Waals surface area contributed by atoms with E-state index in [4.69, 9.17) is 0 Å². The summed E-state index contributed by atoms with van der Waals surface area (Å²) < 4.78 is 13.3.